The van der Waals surface area contributed by atoms with Gasteiger partial charge in [0.1, 0.15) is 0 Å². The molecule has 2 N–H and O–H groups in total. The Morgan fingerprint density at radius 1 is 0.947 bits per heavy atom. The standard InChI is InChI=1S/C29H30N6O2S/c36-28(26(38)18-20-6-2-1-3-7-20)30-16-17-35(29(37)23-14-15-23)19-21-10-12-22(13-11-21)24-8-4-5-9-25(24)27-31-33-34-32-27/h1-13,23,26,38H,14-19H2,(H,30,36)(H,31,32,33,34)/t26-/m0/s1. The van der Waals surface area contributed by atoms with E-state index in [4.69, 9.17) is 0 Å². The molecule has 0 radical (unpaired) electrons. The van der Waals surface area contributed by atoms with E-state index in [0.717, 1.165) is 40.7 Å². The van der Waals surface area contributed by atoms with Gasteiger partial charge in [-0.25, -0.2) is 5.10 Å². The van der Waals surface area contributed by atoms with Crippen LogP contribution < -0.4 is 5.32 Å². The molecule has 1 aliphatic carbocycles. The molecule has 1 heterocycles. The van der Waals surface area contributed by atoms with Gasteiger partial charge in [-0.2, -0.15) is 12.6 Å². The van der Waals surface area contributed by atoms with Crippen molar-refractivity contribution < 1.29 is 9.59 Å². The number of nitrogens with one attached hydrogen (secondary N) is 2. The Hall–Kier alpha value is -3.98. The lowest BCUT2D eigenvalue weighted by atomic mass is 9.98. The van der Waals surface area contributed by atoms with Crippen LogP contribution in [-0.2, 0) is 22.6 Å². The second kappa shape index (κ2) is 12.0. The summed E-state index contributed by atoms with van der Waals surface area (Å²) < 4.78 is 0. The molecule has 8 nitrogen and oxygen atoms in total. The van der Waals surface area contributed by atoms with Crippen LogP contribution in [0.1, 0.15) is 24.0 Å². The van der Waals surface area contributed by atoms with Gasteiger partial charge in [-0.3, -0.25) is 9.59 Å². The van der Waals surface area contributed by atoms with Crippen molar-refractivity contribution in [3.63, 3.8) is 0 Å². The van der Waals surface area contributed by atoms with Crippen LogP contribution in [0.4, 0.5) is 0 Å². The van der Waals surface area contributed by atoms with E-state index in [2.05, 4.69) is 50.7 Å². The van der Waals surface area contributed by atoms with E-state index in [1.54, 1.807) is 0 Å². The van der Waals surface area contributed by atoms with Gasteiger partial charge in [0.05, 0.1) is 5.25 Å². The normalized spacial score (nSPS) is 13.6. The van der Waals surface area contributed by atoms with Crippen LogP contribution in [-0.4, -0.2) is 55.7 Å². The summed E-state index contributed by atoms with van der Waals surface area (Å²) in [6.07, 6.45) is 2.43. The maximum atomic E-state index is 13.0. The molecule has 9 heteroatoms. The quantitative estimate of drug-likeness (QED) is 0.257. The predicted molar refractivity (Wildman–Crippen MR) is 149 cm³/mol. The Labute approximate surface area is 227 Å². The number of nitrogens with zero attached hydrogens (tertiary/aromatic N) is 4. The van der Waals surface area contributed by atoms with Crippen molar-refractivity contribution in [3.05, 3.63) is 90.0 Å². The first kappa shape index (κ1) is 25.7. The van der Waals surface area contributed by atoms with Gasteiger partial charge in [-0.05, 0) is 51.9 Å². The smallest absolute Gasteiger partial charge is 0.233 e. The van der Waals surface area contributed by atoms with E-state index < -0.39 is 5.25 Å². The van der Waals surface area contributed by atoms with E-state index in [1.165, 1.54) is 0 Å². The van der Waals surface area contributed by atoms with E-state index >= 15 is 0 Å². The van der Waals surface area contributed by atoms with E-state index in [0.29, 0.717) is 31.9 Å². The third kappa shape index (κ3) is 6.47. The van der Waals surface area contributed by atoms with Crippen molar-refractivity contribution in [3.8, 4) is 22.5 Å². The number of hydrogen-bond donors (Lipinski definition) is 3. The van der Waals surface area contributed by atoms with Gasteiger partial charge >= 0.3 is 0 Å². The highest BCUT2D eigenvalue weighted by molar-refractivity contribution is 7.81. The monoisotopic (exact) mass is 526 g/mol. The molecule has 1 saturated carbocycles. The summed E-state index contributed by atoms with van der Waals surface area (Å²) in [5.41, 5.74) is 5.07. The SMILES string of the molecule is O=C(NCCN(Cc1ccc(-c2ccccc2-c2nnn[nH]2)cc1)C(=O)C1CC1)[C@@H](S)Cc1ccccc1. The molecule has 0 saturated heterocycles. The second-order valence-corrected chi connectivity index (χ2v) is 10.1. The molecule has 1 aromatic heterocycles. The van der Waals surface area contributed by atoms with E-state index in [9.17, 15) is 9.59 Å². The first-order valence-electron chi connectivity index (χ1n) is 12.8. The molecule has 1 aliphatic rings. The molecule has 3 aromatic carbocycles. The number of hydrogen-bond acceptors (Lipinski definition) is 6. The lowest BCUT2D eigenvalue weighted by Crippen LogP contribution is -2.41. The highest BCUT2D eigenvalue weighted by Crippen LogP contribution is 2.32. The minimum atomic E-state index is -0.437. The second-order valence-electron chi connectivity index (χ2n) is 9.52. The fraction of sp³-hybridized carbons (Fsp3) is 0.276. The fourth-order valence-corrected chi connectivity index (χ4v) is 4.74. The highest BCUT2D eigenvalue weighted by atomic mass is 32.1. The maximum absolute atomic E-state index is 13.0. The number of tetrazole rings is 1. The van der Waals surface area contributed by atoms with Gasteiger partial charge in [0.15, 0.2) is 5.82 Å². The van der Waals surface area contributed by atoms with Gasteiger partial charge in [0, 0.05) is 31.1 Å². The van der Waals surface area contributed by atoms with Crippen LogP contribution in [0.2, 0.25) is 0 Å². The van der Waals surface area contributed by atoms with Crippen LogP contribution in [0, 0.1) is 5.92 Å². The molecular weight excluding hydrogens is 496 g/mol. The summed E-state index contributed by atoms with van der Waals surface area (Å²) in [6, 6.07) is 26.0. The highest BCUT2D eigenvalue weighted by Gasteiger charge is 2.33. The van der Waals surface area contributed by atoms with Crippen LogP contribution in [0.15, 0.2) is 78.9 Å². The molecule has 0 spiro atoms. The molecular formula is C29H30N6O2S. The molecule has 194 valence electrons. The van der Waals surface area contributed by atoms with Crippen molar-refractivity contribution in [2.75, 3.05) is 13.1 Å². The number of rotatable bonds is 11. The Kier molecular flexibility index (Phi) is 8.13. The molecule has 4 aromatic rings. The molecule has 0 unspecified atom stereocenters. The maximum Gasteiger partial charge on any atom is 0.233 e. The Morgan fingerprint density at radius 2 is 1.66 bits per heavy atom. The number of aromatic amines is 1. The van der Waals surface area contributed by atoms with Crippen molar-refractivity contribution in [2.45, 2.75) is 31.1 Å². The van der Waals surface area contributed by atoms with Gasteiger partial charge in [-0.1, -0.05) is 78.9 Å². The minimum Gasteiger partial charge on any atom is -0.353 e. The summed E-state index contributed by atoms with van der Waals surface area (Å²) in [6.45, 7) is 1.34. The van der Waals surface area contributed by atoms with Gasteiger partial charge in [-0.15, -0.1) is 5.10 Å². The fourth-order valence-electron chi connectivity index (χ4n) is 4.44. The lowest BCUT2D eigenvalue weighted by molar-refractivity contribution is -0.133. The Morgan fingerprint density at radius 3 is 2.34 bits per heavy atom. The van der Waals surface area contributed by atoms with Crippen LogP contribution in [0.5, 0.6) is 0 Å². The zero-order valence-corrected chi connectivity index (χ0v) is 21.8. The summed E-state index contributed by atoms with van der Waals surface area (Å²) in [4.78, 5) is 27.4. The molecule has 1 atom stereocenters. The summed E-state index contributed by atoms with van der Waals surface area (Å²) in [5, 5.41) is 16.8. The average Bonchev–Trinajstić information content (AvgIpc) is 3.66. The molecule has 0 bridgehead atoms. The minimum absolute atomic E-state index is 0.100. The Bertz CT molecular complexity index is 1360. The van der Waals surface area contributed by atoms with Crippen LogP contribution in [0.25, 0.3) is 22.5 Å². The number of H-pyrrole nitrogens is 1. The lowest BCUT2D eigenvalue weighted by Gasteiger charge is -2.24. The number of thiol groups is 1. The summed E-state index contributed by atoms with van der Waals surface area (Å²) >= 11 is 4.49. The van der Waals surface area contributed by atoms with E-state index in [-0.39, 0.29) is 17.7 Å². The van der Waals surface area contributed by atoms with Gasteiger partial charge < -0.3 is 10.2 Å². The average molecular weight is 527 g/mol. The largest absolute Gasteiger partial charge is 0.353 e. The van der Waals surface area contributed by atoms with Crippen LogP contribution >= 0.6 is 12.6 Å². The van der Waals surface area contributed by atoms with Crippen molar-refractivity contribution in [2.24, 2.45) is 5.92 Å². The van der Waals surface area contributed by atoms with Crippen molar-refractivity contribution in [1.82, 2.24) is 30.8 Å². The number of carbonyl (C=O) groups is 2. The number of carbonyl (C=O) groups excluding carboxylic acids is 2. The van der Waals surface area contributed by atoms with Gasteiger partial charge in [0.2, 0.25) is 11.8 Å². The molecule has 5 rings (SSSR count). The third-order valence-corrected chi connectivity index (χ3v) is 7.08. The zero-order valence-electron chi connectivity index (χ0n) is 21.0. The number of benzene rings is 3. The van der Waals surface area contributed by atoms with E-state index in [1.807, 2.05) is 71.6 Å². The molecule has 0 aliphatic heterocycles. The third-order valence-electron chi connectivity index (χ3n) is 6.66. The zero-order chi connectivity index (χ0) is 26.3. The van der Waals surface area contributed by atoms with Crippen molar-refractivity contribution in [1.29, 1.82) is 0 Å². The first-order chi connectivity index (χ1) is 18.6. The number of aromatic nitrogens is 4. The van der Waals surface area contributed by atoms with Crippen LogP contribution in [0.3, 0.4) is 0 Å². The topological polar surface area (TPSA) is 104 Å². The predicted octanol–water partition coefficient (Wildman–Crippen LogP) is 3.93. The Balaban J connectivity index is 1.21. The van der Waals surface area contributed by atoms with Gasteiger partial charge in [0.25, 0.3) is 0 Å². The van der Waals surface area contributed by atoms with Crippen molar-refractivity contribution >= 4 is 24.4 Å². The summed E-state index contributed by atoms with van der Waals surface area (Å²) in [7, 11) is 0. The molecule has 2 amide bonds. The number of amides is 2. The molecule has 38 heavy (non-hydrogen) atoms. The molecule has 1 fully saturated rings. The first-order valence-corrected chi connectivity index (χ1v) is 13.3. The summed E-state index contributed by atoms with van der Waals surface area (Å²) in [5.74, 6) is 0.738.